The number of amides is 1. The average molecular weight is 371 g/mol. The van der Waals surface area contributed by atoms with Gasteiger partial charge in [0.05, 0.1) is 18.3 Å². The number of nitrogens with zero attached hydrogens (tertiary/aromatic N) is 1. The fourth-order valence-corrected chi connectivity index (χ4v) is 3.35. The van der Waals surface area contributed by atoms with Crippen molar-refractivity contribution in [3.05, 3.63) is 53.2 Å². The number of hydrogen-bond acceptors (Lipinski definition) is 5. The lowest BCUT2D eigenvalue weighted by atomic mass is 9.86. The van der Waals surface area contributed by atoms with Crippen molar-refractivity contribution in [1.82, 2.24) is 4.90 Å². The molecule has 0 spiro atoms. The van der Waals surface area contributed by atoms with Gasteiger partial charge in [-0.2, -0.15) is 0 Å². The largest absolute Gasteiger partial charge is 0.508 e. The van der Waals surface area contributed by atoms with Crippen molar-refractivity contribution < 1.29 is 23.8 Å². The smallest absolute Gasteiger partial charge is 0.443 e. The van der Waals surface area contributed by atoms with E-state index < -0.39 is 17.8 Å². The van der Waals surface area contributed by atoms with Gasteiger partial charge in [-0.25, -0.2) is 9.59 Å². The number of rotatable bonds is 3. The van der Waals surface area contributed by atoms with Crippen LogP contribution in [-0.4, -0.2) is 36.0 Å². The molecule has 0 fully saturated rings. The van der Waals surface area contributed by atoms with E-state index in [1.54, 1.807) is 11.8 Å². The highest BCUT2D eigenvalue weighted by Crippen LogP contribution is 2.45. The molecule has 1 amide bonds. The van der Waals surface area contributed by atoms with E-state index in [1.165, 1.54) is 0 Å². The lowest BCUT2D eigenvalue weighted by molar-refractivity contribution is 0.0187. The highest BCUT2D eigenvalue weighted by molar-refractivity contribution is 5.74. The molecule has 0 saturated heterocycles. The van der Waals surface area contributed by atoms with E-state index in [0.717, 1.165) is 11.1 Å². The summed E-state index contributed by atoms with van der Waals surface area (Å²) in [4.78, 5) is 26.2. The normalized spacial score (nSPS) is 20.4. The van der Waals surface area contributed by atoms with Crippen LogP contribution in [0.25, 0.3) is 6.08 Å². The molecule has 6 nitrogen and oxygen atoms in total. The molecule has 3 rings (SSSR count). The Morgan fingerprint density at radius 1 is 1.15 bits per heavy atom. The van der Waals surface area contributed by atoms with Crippen molar-refractivity contribution in [2.24, 2.45) is 5.92 Å². The second-order valence-electron chi connectivity index (χ2n) is 7.49. The number of benzene rings is 1. The molecule has 1 aromatic carbocycles. The molecule has 27 heavy (non-hydrogen) atoms. The van der Waals surface area contributed by atoms with Crippen LogP contribution in [0.2, 0.25) is 0 Å². The fourth-order valence-electron chi connectivity index (χ4n) is 3.35. The van der Waals surface area contributed by atoms with Crippen LogP contribution in [0.1, 0.15) is 44.9 Å². The third kappa shape index (κ3) is 4.15. The van der Waals surface area contributed by atoms with Gasteiger partial charge in [0, 0.05) is 5.92 Å². The number of fused-ring (bicyclic) bond motifs is 3. The first-order valence-electron chi connectivity index (χ1n) is 9.09. The number of hydrogen-bond donors (Lipinski definition) is 0. The van der Waals surface area contributed by atoms with Gasteiger partial charge >= 0.3 is 12.2 Å². The van der Waals surface area contributed by atoms with Crippen molar-refractivity contribution in [1.29, 1.82) is 0 Å². The Hall–Kier alpha value is -2.76. The van der Waals surface area contributed by atoms with Gasteiger partial charge < -0.3 is 14.2 Å². The minimum Gasteiger partial charge on any atom is -0.443 e. The first-order chi connectivity index (χ1) is 12.8. The second kappa shape index (κ2) is 7.47. The van der Waals surface area contributed by atoms with Crippen LogP contribution >= 0.6 is 0 Å². The van der Waals surface area contributed by atoms with Gasteiger partial charge in [-0.1, -0.05) is 42.5 Å². The summed E-state index contributed by atoms with van der Waals surface area (Å²) in [5.74, 6) is -0.00628. The Morgan fingerprint density at radius 3 is 2.59 bits per heavy atom. The third-order valence-corrected chi connectivity index (χ3v) is 4.34. The minimum absolute atomic E-state index is 0.00628. The molecule has 0 unspecified atom stereocenters. The Balaban J connectivity index is 1.90. The van der Waals surface area contributed by atoms with Gasteiger partial charge in [0.1, 0.15) is 12.2 Å². The molecule has 1 aromatic rings. The van der Waals surface area contributed by atoms with Gasteiger partial charge in [0.2, 0.25) is 0 Å². The summed E-state index contributed by atoms with van der Waals surface area (Å²) >= 11 is 0. The highest BCUT2D eigenvalue weighted by Gasteiger charge is 2.42. The van der Waals surface area contributed by atoms with Crippen LogP contribution in [0.15, 0.2) is 42.1 Å². The number of carbonyl (C=O) groups is 2. The Bertz CT molecular complexity index is 790. The van der Waals surface area contributed by atoms with Crippen LogP contribution < -0.4 is 0 Å². The van der Waals surface area contributed by atoms with Gasteiger partial charge in [0.25, 0.3) is 0 Å². The third-order valence-electron chi connectivity index (χ3n) is 4.34. The predicted octanol–water partition coefficient (Wildman–Crippen LogP) is 4.68. The SMILES string of the molecule is CCOC(=O)OCC1=C[C@H]2C=Cc3ccccc3[C@H]2N1C(=O)OC(C)(C)C. The molecular weight excluding hydrogens is 346 g/mol. The maximum Gasteiger partial charge on any atom is 0.508 e. The van der Waals surface area contributed by atoms with E-state index in [-0.39, 0.29) is 25.2 Å². The van der Waals surface area contributed by atoms with Crippen molar-refractivity contribution in [2.45, 2.75) is 39.3 Å². The van der Waals surface area contributed by atoms with Crippen molar-refractivity contribution >= 4 is 18.3 Å². The van der Waals surface area contributed by atoms with E-state index in [4.69, 9.17) is 14.2 Å². The van der Waals surface area contributed by atoms with Crippen molar-refractivity contribution in [3.8, 4) is 0 Å². The van der Waals surface area contributed by atoms with Gasteiger partial charge in [-0.3, -0.25) is 4.90 Å². The first kappa shape index (κ1) is 19.0. The number of ether oxygens (including phenoxy) is 3. The molecule has 0 radical (unpaired) electrons. The molecule has 0 saturated carbocycles. The maximum absolute atomic E-state index is 13.0. The summed E-state index contributed by atoms with van der Waals surface area (Å²) in [5.41, 5.74) is 2.06. The molecule has 0 N–H and O–H groups in total. The van der Waals surface area contributed by atoms with Crippen LogP contribution in [0.5, 0.6) is 0 Å². The molecular formula is C21H25NO5. The van der Waals surface area contributed by atoms with Crippen LogP contribution in [-0.2, 0) is 14.2 Å². The Morgan fingerprint density at radius 2 is 1.89 bits per heavy atom. The van der Waals surface area contributed by atoms with Gasteiger partial charge in [0.15, 0.2) is 0 Å². The van der Waals surface area contributed by atoms with Gasteiger partial charge in [-0.05, 0) is 38.8 Å². The molecule has 144 valence electrons. The molecule has 2 aliphatic rings. The van der Waals surface area contributed by atoms with E-state index in [0.29, 0.717) is 5.70 Å². The Labute approximate surface area is 159 Å². The lowest BCUT2D eigenvalue weighted by Crippen LogP contribution is -2.39. The molecule has 0 aromatic heterocycles. The summed E-state index contributed by atoms with van der Waals surface area (Å²) in [5, 5.41) is 0. The summed E-state index contributed by atoms with van der Waals surface area (Å²) in [7, 11) is 0. The van der Waals surface area contributed by atoms with Crippen LogP contribution in [0, 0.1) is 5.92 Å². The molecule has 1 aliphatic carbocycles. The average Bonchev–Trinajstić information content (AvgIpc) is 2.98. The molecule has 2 atom stereocenters. The van der Waals surface area contributed by atoms with Crippen molar-refractivity contribution in [3.63, 3.8) is 0 Å². The minimum atomic E-state index is -0.756. The zero-order valence-corrected chi connectivity index (χ0v) is 16.1. The molecule has 1 heterocycles. The zero-order valence-electron chi connectivity index (χ0n) is 16.1. The predicted molar refractivity (Wildman–Crippen MR) is 101 cm³/mol. The van der Waals surface area contributed by atoms with E-state index >= 15 is 0 Å². The van der Waals surface area contributed by atoms with E-state index in [1.807, 2.05) is 51.1 Å². The summed E-state index contributed by atoms with van der Waals surface area (Å²) in [6.07, 6.45) is 4.84. The second-order valence-corrected chi connectivity index (χ2v) is 7.49. The zero-order chi connectivity index (χ0) is 19.6. The monoisotopic (exact) mass is 371 g/mol. The fraction of sp³-hybridized carbons (Fsp3) is 0.429. The summed E-state index contributed by atoms with van der Waals surface area (Å²) < 4.78 is 15.6. The van der Waals surface area contributed by atoms with Crippen molar-refractivity contribution in [2.75, 3.05) is 13.2 Å². The standard InChI is InChI=1S/C21H25NO5/c1-5-25-20(24)26-13-16-12-15-11-10-14-8-6-7-9-17(14)18(15)22(16)19(23)27-21(2,3)4/h6-12,15,18H,5,13H2,1-4H3/t15-,18+/m1/s1. The lowest BCUT2D eigenvalue weighted by Gasteiger charge is -2.34. The van der Waals surface area contributed by atoms with E-state index in [9.17, 15) is 9.59 Å². The molecule has 6 heteroatoms. The quantitative estimate of drug-likeness (QED) is 0.722. The van der Waals surface area contributed by atoms with Gasteiger partial charge in [-0.15, -0.1) is 0 Å². The first-order valence-corrected chi connectivity index (χ1v) is 9.09. The summed E-state index contributed by atoms with van der Waals surface area (Å²) in [6.45, 7) is 7.36. The topological polar surface area (TPSA) is 65.1 Å². The number of carbonyl (C=O) groups excluding carboxylic acids is 2. The molecule has 1 aliphatic heterocycles. The highest BCUT2D eigenvalue weighted by atomic mass is 16.7. The van der Waals surface area contributed by atoms with E-state index in [2.05, 4.69) is 12.2 Å². The van der Waals surface area contributed by atoms with Crippen LogP contribution in [0.4, 0.5) is 9.59 Å². The maximum atomic E-state index is 13.0. The van der Waals surface area contributed by atoms with Crippen LogP contribution in [0.3, 0.4) is 0 Å². The Kier molecular flexibility index (Phi) is 5.26. The summed E-state index contributed by atoms with van der Waals surface area (Å²) in [6, 6.07) is 7.73. The molecule has 0 bridgehead atoms.